The summed E-state index contributed by atoms with van der Waals surface area (Å²) in [7, 11) is 0. The van der Waals surface area contributed by atoms with Crippen LogP contribution in [0.15, 0.2) is 16.6 Å². The van der Waals surface area contributed by atoms with Crippen molar-refractivity contribution in [2.24, 2.45) is 5.73 Å². The second-order valence-electron chi connectivity index (χ2n) is 5.69. The van der Waals surface area contributed by atoms with Crippen molar-refractivity contribution in [1.82, 2.24) is 0 Å². The van der Waals surface area contributed by atoms with Gasteiger partial charge in [-0.1, -0.05) is 12.2 Å². The largest absolute Gasteiger partial charge is 0.389 e. The zero-order valence-corrected chi connectivity index (χ0v) is 14.1. The summed E-state index contributed by atoms with van der Waals surface area (Å²) in [5.41, 5.74) is 6.33. The highest BCUT2D eigenvalue weighted by Gasteiger charge is 2.33. The molecule has 1 atom stereocenters. The number of ether oxygens (including phenoxy) is 1. The highest BCUT2D eigenvalue weighted by Crippen LogP contribution is 2.33. The minimum Gasteiger partial charge on any atom is -0.389 e. The van der Waals surface area contributed by atoms with Crippen LogP contribution in [0, 0.1) is 5.82 Å². The summed E-state index contributed by atoms with van der Waals surface area (Å²) in [5, 5.41) is 0. The smallest absolute Gasteiger partial charge is 0.161 e. The predicted molar refractivity (Wildman–Crippen MR) is 86.8 cm³/mol. The van der Waals surface area contributed by atoms with Gasteiger partial charge in [-0.05, 0) is 48.8 Å². The Morgan fingerprint density at radius 3 is 2.75 bits per heavy atom. The molecule has 3 nitrogen and oxygen atoms in total. The van der Waals surface area contributed by atoms with Crippen molar-refractivity contribution in [3.8, 4) is 0 Å². The Morgan fingerprint density at radius 1 is 1.55 bits per heavy atom. The number of nitrogens with zero attached hydrogens (tertiary/aromatic N) is 1. The number of hydrogen-bond donors (Lipinski definition) is 1. The van der Waals surface area contributed by atoms with Gasteiger partial charge in [-0.2, -0.15) is 0 Å². The maximum atomic E-state index is 14.5. The van der Waals surface area contributed by atoms with Gasteiger partial charge in [0.25, 0.3) is 0 Å². The fourth-order valence-electron chi connectivity index (χ4n) is 2.61. The lowest BCUT2D eigenvalue weighted by Crippen LogP contribution is -2.52. The summed E-state index contributed by atoms with van der Waals surface area (Å²) in [5.74, 6) is -0.333. The summed E-state index contributed by atoms with van der Waals surface area (Å²) in [4.78, 5) is 2.18. The molecule has 2 rings (SSSR count). The van der Waals surface area contributed by atoms with Gasteiger partial charge in [-0.15, -0.1) is 0 Å². The molecule has 0 amide bonds. The van der Waals surface area contributed by atoms with Crippen molar-refractivity contribution in [2.75, 3.05) is 18.0 Å². The molecular weight excluding hydrogens is 343 g/mol. The third-order valence-electron chi connectivity index (χ3n) is 3.24. The van der Waals surface area contributed by atoms with Gasteiger partial charge in [0.2, 0.25) is 0 Å². The van der Waals surface area contributed by atoms with E-state index in [0.29, 0.717) is 28.8 Å². The summed E-state index contributed by atoms with van der Waals surface area (Å²) in [6.45, 7) is 7.29. The SMILES string of the molecule is CC1CN(c2ccc(C(N)=S)c(Br)c2F)CC(C)(C)O1. The summed E-state index contributed by atoms with van der Waals surface area (Å²) < 4.78 is 20.7. The molecule has 1 aliphatic rings. The van der Waals surface area contributed by atoms with E-state index in [1.807, 2.05) is 25.7 Å². The molecule has 1 saturated heterocycles. The van der Waals surface area contributed by atoms with E-state index in [9.17, 15) is 4.39 Å². The number of nitrogens with two attached hydrogens (primary N) is 1. The molecule has 0 radical (unpaired) electrons. The molecule has 1 unspecified atom stereocenters. The topological polar surface area (TPSA) is 38.5 Å². The Balaban J connectivity index is 2.38. The first-order valence-corrected chi connectivity index (χ1v) is 7.62. The minimum absolute atomic E-state index is 0.0483. The molecule has 0 aromatic heterocycles. The average Bonchev–Trinajstić information content (AvgIpc) is 2.29. The van der Waals surface area contributed by atoms with Crippen LogP contribution in [-0.2, 0) is 4.74 Å². The van der Waals surface area contributed by atoms with Crippen LogP contribution in [0.3, 0.4) is 0 Å². The first-order valence-electron chi connectivity index (χ1n) is 6.42. The van der Waals surface area contributed by atoms with Gasteiger partial charge in [0.05, 0.1) is 21.9 Å². The highest BCUT2D eigenvalue weighted by molar-refractivity contribution is 9.10. The third kappa shape index (κ3) is 3.13. The fourth-order valence-corrected chi connectivity index (χ4v) is 3.46. The molecule has 6 heteroatoms. The number of rotatable bonds is 2. The predicted octanol–water partition coefficient (Wildman–Crippen LogP) is 3.23. The molecule has 110 valence electrons. The standard InChI is InChI=1S/C14H18BrFN2OS/c1-8-6-18(7-14(2,3)19-8)10-5-4-9(13(17)20)11(15)12(10)16/h4-5,8H,6-7H2,1-3H3,(H2,17,20). The Morgan fingerprint density at radius 2 is 2.20 bits per heavy atom. The zero-order chi connectivity index (χ0) is 15.1. The third-order valence-corrected chi connectivity index (χ3v) is 4.23. The second kappa shape index (κ2) is 5.58. The molecule has 1 aromatic rings. The number of thiocarbonyl (C=S) groups is 1. The summed E-state index contributed by atoms with van der Waals surface area (Å²) in [6.07, 6.45) is 0.0483. The van der Waals surface area contributed by atoms with Crippen molar-refractivity contribution in [1.29, 1.82) is 0 Å². The molecule has 2 N–H and O–H groups in total. The number of anilines is 1. The van der Waals surface area contributed by atoms with E-state index in [2.05, 4.69) is 15.9 Å². The molecule has 1 aromatic carbocycles. The van der Waals surface area contributed by atoms with E-state index in [0.717, 1.165) is 0 Å². The van der Waals surface area contributed by atoms with E-state index in [1.165, 1.54) is 0 Å². The number of halogens is 2. The fraction of sp³-hybridized carbons (Fsp3) is 0.500. The lowest BCUT2D eigenvalue weighted by Gasteiger charge is -2.43. The van der Waals surface area contributed by atoms with Crippen LogP contribution in [0.2, 0.25) is 0 Å². The Hall–Kier alpha value is -0.720. The van der Waals surface area contributed by atoms with Gasteiger partial charge in [0.1, 0.15) is 4.99 Å². The zero-order valence-electron chi connectivity index (χ0n) is 11.7. The van der Waals surface area contributed by atoms with Crippen LogP contribution < -0.4 is 10.6 Å². The van der Waals surface area contributed by atoms with Crippen LogP contribution in [-0.4, -0.2) is 29.8 Å². The van der Waals surface area contributed by atoms with Crippen LogP contribution in [0.4, 0.5) is 10.1 Å². The highest BCUT2D eigenvalue weighted by atomic mass is 79.9. The van der Waals surface area contributed by atoms with E-state index in [1.54, 1.807) is 12.1 Å². The minimum atomic E-state index is -0.333. The van der Waals surface area contributed by atoms with Gasteiger partial charge in [-0.25, -0.2) is 4.39 Å². The number of hydrogen-bond acceptors (Lipinski definition) is 3. The Labute approximate surface area is 132 Å². The van der Waals surface area contributed by atoms with Crippen molar-refractivity contribution in [3.05, 3.63) is 28.0 Å². The second-order valence-corrected chi connectivity index (χ2v) is 6.93. The lowest BCUT2D eigenvalue weighted by molar-refractivity contribution is -0.0751. The quantitative estimate of drug-likeness (QED) is 0.821. The molecule has 0 spiro atoms. The molecule has 1 aliphatic heterocycles. The van der Waals surface area contributed by atoms with Crippen LogP contribution in [0.1, 0.15) is 26.3 Å². The van der Waals surface area contributed by atoms with E-state index < -0.39 is 0 Å². The monoisotopic (exact) mass is 360 g/mol. The maximum absolute atomic E-state index is 14.5. The van der Waals surface area contributed by atoms with Crippen LogP contribution in [0.5, 0.6) is 0 Å². The molecule has 0 saturated carbocycles. The lowest BCUT2D eigenvalue weighted by atomic mass is 10.0. The van der Waals surface area contributed by atoms with Gasteiger partial charge in [0, 0.05) is 18.7 Å². The average molecular weight is 361 g/mol. The molecular formula is C14H18BrFN2OS. The van der Waals surface area contributed by atoms with Gasteiger partial charge >= 0.3 is 0 Å². The van der Waals surface area contributed by atoms with E-state index in [4.69, 9.17) is 22.7 Å². The van der Waals surface area contributed by atoms with Crippen molar-refractivity contribution < 1.29 is 9.13 Å². The van der Waals surface area contributed by atoms with Gasteiger partial charge < -0.3 is 15.4 Å². The van der Waals surface area contributed by atoms with E-state index >= 15 is 0 Å². The normalized spacial score (nSPS) is 21.9. The molecule has 20 heavy (non-hydrogen) atoms. The number of benzene rings is 1. The Bertz CT molecular complexity index is 550. The van der Waals surface area contributed by atoms with Crippen LogP contribution >= 0.6 is 28.1 Å². The molecule has 1 fully saturated rings. The summed E-state index contributed by atoms with van der Waals surface area (Å²) >= 11 is 8.15. The first-order chi connectivity index (χ1) is 9.21. The van der Waals surface area contributed by atoms with Crippen molar-refractivity contribution >= 4 is 38.8 Å². The first kappa shape index (κ1) is 15.7. The van der Waals surface area contributed by atoms with Gasteiger partial charge in [-0.3, -0.25) is 0 Å². The molecule has 0 aliphatic carbocycles. The van der Waals surface area contributed by atoms with E-state index in [-0.39, 0.29) is 22.5 Å². The molecule has 0 bridgehead atoms. The van der Waals surface area contributed by atoms with Crippen molar-refractivity contribution in [2.45, 2.75) is 32.5 Å². The van der Waals surface area contributed by atoms with Gasteiger partial charge in [0.15, 0.2) is 5.82 Å². The maximum Gasteiger partial charge on any atom is 0.161 e. The number of morpholine rings is 1. The van der Waals surface area contributed by atoms with Crippen LogP contribution in [0.25, 0.3) is 0 Å². The summed E-state index contributed by atoms with van der Waals surface area (Å²) in [6, 6.07) is 3.47. The Kier molecular flexibility index (Phi) is 4.37. The van der Waals surface area contributed by atoms with Crippen molar-refractivity contribution in [3.63, 3.8) is 0 Å². The molecule has 1 heterocycles.